The highest BCUT2D eigenvalue weighted by molar-refractivity contribution is 6.05. The average molecular weight is 500 g/mol. The fourth-order valence-corrected chi connectivity index (χ4v) is 4.22. The van der Waals surface area contributed by atoms with Crippen LogP contribution in [0.1, 0.15) is 18.7 Å². The van der Waals surface area contributed by atoms with Crippen LogP contribution >= 0.6 is 0 Å². The molecule has 3 aromatic heterocycles. The Morgan fingerprint density at radius 1 is 1.03 bits per heavy atom. The van der Waals surface area contributed by atoms with Crippen molar-refractivity contribution < 1.29 is 19.0 Å². The zero-order valence-corrected chi connectivity index (χ0v) is 20.7. The van der Waals surface area contributed by atoms with Crippen LogP contribution < -0.4 is 24.8 Å². The summed E-state index contributed by atoms with van der Waals surface area (Å²) in [4.78, 5) is 26.8. The Hall–Kier alpha value is -4.93. The maximum Gasteiger partial charge on any atom is 0.255 e. The number of hydrogen-bond donors (Lipinski definition) is 2. The van der Waals surface area contributed by atoms with Crippen LogP contribution in [-0.4, -0.2) is 52.0 Å². The molecular formula is C26H25N7O4. The molecule has 2 N–H and O–H groups in total. The number of rotatable bonds is 7. The van der Waals surface area contributed by atoms with Gasteiger partial charge < -0.3 is 24.8 Å². The Morgan fingerprint density at radius 3 is 2.43 bits per heavy atom. The molecule has 1 aromatic carbocycles. The Kier molecular flexibility index (Phi) is 6.42. The van der Waals surface area contributed by atoms with E-state index in [9.17, 15) is 4.79 Å². The maximum atomic E-state index is 13.5. The van der Waals surface area contributed by atoms with Crippen LogP contribution in [0.15, 0.2) is 72.3 Å². The van der Waals surface area contributed by atoms with Gasteiger partial charge in [0.25, 0.3) is 5.91 Å². The number of nitrogens with zero attached hydrogens (tertiary/aromatic N) is 5. The first-order chi connectivity index (χ1) is 18.0. The van der Waals surface area contributed by atoms with Crippen LogP contribution in [0.2, 0.25) is 0 Å². The van der Waals surface area contributed by atoms with E-state index in [0.29, 0.717) is 57.2 Å². The second-order valence-electron chi connectivity index (χ2n) is 8.13. The number of fused-ring (bicyclic) bond motifs is 1. The Balaban J connectivity index is 1.61. The van der Waals surface area contributed by atoms with Crippen molar-refractivity contribution in [3.8, 4) is 28.6 Å². The van der Waals surface area contributed by atoms with Gasteiger partial charge in [0.1, 0.15) is 6.04 Å². The van der Waals surface area contributed by atoms with Crippen molar-refractivity contribution in [1.82, 2.24) is 24.7 Å². The molecule has 4 aromatic rings. The highest BCUT2D eigenvalue weighted by Gasteiger charge is 2.35. The number of nitrogens with one attached hydrogen (secondary N) is 2. The second kappa shape index (κ2) is 9.97. The zero-order chi connectivity index (χ0) is 25.9. The van der Waals surface area contributed by atoms with Gasteiger partial charge >= 0.3 is 0 Å². The lowest BCUT2D eigenvalue weighted by Crippen LogP contribution is -2.32. The molecule has 1 unspecified atom stereocenters. The first kappa shape index (κ1) is 23.8. The summed E-state index contributed by atoms with van der Waals surface area (Å²) in [5.41, 5.74) is 2.96. The van der Waals surface area contributed by atoms with E-state index in [-0.39, 0.29) is 5.91 Å². The third-order valence-corrected chi connectivity index (χ3v) is 5.91. The van der Waals surface area contributed by atoms with Crippen LogP contribution in [0.5, 0.6) is 17.2 Å². The predicted molar refractivity (Wildman–Crippen MR) is 137 cm³/mol. The van der Waals surface area contributed by atoms with Crippen LogP contribution in [0.4, 0.5) is 11.6 Å². The monoisotopic (exact) mass is 499 g/mol. The van der Waals surface area contributed by atoms with Gasteiger partial charge in [-0.25, -0.2) is 4.68 Å². The van der Waals surface area contributed by atoms with E-state index in [2.05, 4.69) is 20.6 Å². The van der Waals surface area contributed by atoms with Gasteiger partial charge in [-0.3, -0.25) is 14.8 Å². The van der Waals surface area contributed by atoms with E-state index in [0.717, 1.165) is 0 Å². The number of carbonyl (C=O) groups is 1. The number of amides is 1. The molecule has 0 aliphatic carbocycles. The molecule has 188 valence electrons. The fraction of sp³-hybridized carbons (Fsp3) is 0.192. The first-order valence-electron chi connectivity index (χ1n) is 11.4. The minimum Gasteiger partial charge on any atom is -0.493 e. The van der Waals surface area contributed by atoms with Gasteiger partial charge in [0.05, 0.1) is 44.5 Å². The standard InChI is InChI=1S/C26H25N7O4/c1-15-21(25(34)30-17-8-7-10-27-14-17)22(18-9-5-6-11-28-18)33-26(29-15)31-24(32-33)16-12-19(35-2)23(37-4)20(13-16)36-3/h5-14,22H,1-4H3,(H,30,34)(H,29,31,32). The zero-order valence-electron chi connectivity index (χ0n) is 20.7. The molecule has 1 atom stereocenters. The largest absolute Gasteiger partial charge is 0.493 e. The number of aromatic nitrogens is 5. The molecule has 0 saturated carbocycles. The third-order valence-electron chi connectivity index (χ3n) is 5.91. The molecule has 5 rings (SSSR count). The van der Waals surface area contributed by atoms with Crippen molar-refractivity contribution in [3.05, 3.63) is 78.0 Å². The van der Waals surface area contributed by atoms with Gasteiger partial charge in [-0.15, -0.1) is 5.10 Å². The summed E-state index contributed by atoms with van der Waals surface area (Å²) in [5, 5.41) is 10.9. The Bertz CT molecular complexity index is 1440. The summed E-state index contributed by atoms with van der Waals surface area (Å²) in [6.45, 7) is 1.82. The Morgan fingerprint density at radius 2 is 1.81 bits per heavy atom. The molecular weight excluding hydrogens is 474 g/mol. The number of pyridine rings is 2. The van der Waals surface area contributed by atoms with Crippen molar-refractivity contribution in [2.45, 2.75) is 13.0 Å². The number of hydrogen-bond acceptors (Lipinski definition) is 9. The molecule has 0 fully saturated rings. The van der Waals surface area contributed by atoms with E-state index in [1.54, 1.807) is 68.9 Å². The van der Waals surface area contributed by atoms with E-state index in [4.69, 9.17) is 24.3 Å². The lowest BCUT2D eigenvalue weighted by Gasteiger charge is -2.27. The molecule has 11 heteroatoms. The van der Waals surface area contributed by atoms with Crippen molar-refractivity contribution in [2.75, 3.05) is 32.0 Å². The number of allylic oxidation sites excluding steroid dienone is 1. The third kappa shape index (κ3) is 4.42. The van der Waals surface area contributed by atoms with Crippen LogP contribution in [0, 0.1) is 0 Å². The lowest BCUT2D eigenvalue weighted by atomic mass is 9.98. The molecule has 37 heavy (non-hydrogen) atoms. The molecule has 0 saturated heterocycles. The van der Waals surface area contributed by atoms with Crippen molar-refractivity contribution >= 4 is 17.5 Å². The van der Waals surface area contributed by atoms with Gasteiger partial charge in [0, 0.05) is 23.7 Å². The summed E-state index contributed by atoms with van der Waals surface area (Å²) in [6.07, 6.45) is 4.91. The van der Waals surface area contributed by atoms with Crippen molar-refractivity contribution in [2.24, 2.45) is 0 Å². The summed E-state index contributed by atoms with van der Waals surface area (Å²) >= 11 is 0. The van der Waals surface area contributed by atoms with Gasteiger partial charge in [-0.2, -0.15) is 4.98 Å². The highest BCUT2D eigenvalue weighted by Crippen LogP contribution is 2.42. The van der Waals surface area contributed by atoms with Gasteiger partial charge in [-0.1, -0.05) is 6.07 Å². The van der Waals surface area contributed by atoms with Crippen LogP contribution in [0.25, 0.3) is 11.4 Å². The van der Waals surface area contributed by atoms with Gasteiger partial charge in [0.2, 0.25) is 11.7 Å². The number of anilines is 2. The minimum atomic E-state index is -0.627. The summed E-state index contributed by atoms with van der Waals surface area (Å²) in [7, 11) is 4.64. The number of carbonyl (C=O) groups excluding carboxylic acids is 1. The summed E-state index contributed by atoms with van der Waals surface area (Å²) < 4.78 is 18.1. The molecule has 11 nitrogen and oxygen atoms in total. The molecule has 1 aliphatic rings. The quantitative estimate of drug-likeness (QED) is 0.392. The van der Waals surface area contributed by atoms with E-state index in [1.165, 1.54) is 0 Å². The van der Waals surface area contributed by atoms with Gasteiger partial charge in [0.15, 0.2) is 17.3 Å². The first-order valence-corrected chi connectivity index (χ1v) is 11.4. The maximum absolute atomic E-state index is 13.5. The normalized spacial score (nSPS) is 14.4. The Labute approximate surface area is 213 Å². The SMILES string of the molecule is COc1cc(-c2nc3n(n2)C(c2ccccn2)C(C(=O)Nc2cccnc2)=C(C)N3)cc(OC)c1OC. The second-order valence-corrected chi connectivity index (χ2v) is 8.13. The molecule has 1 aliphatic heterocycles. The smallest absolute Gasteiger partial charge is 0.255 e. The molecule has 4 heterocycles. The minimum absolute atomic E-state index is 0.302. The van der Waals surface area contributed by atoms with Crippen molar-refractivity contribution in [3.63, 3.8) is 0 Å². The van der Waals surface area contributed by atoms with Crippen LogP contribution in [0.3, 0.4) is 0 Å². The van der Waals surface area contributed by atoms with Gasteiger partial charge in [-0.05, 0) is 43.3 Å². The van der Waals surface area contributed by atoms with E-state index >= 15 is 0 Å². The summed E-state index contributed by atoms with van der Waals surface area (Å²) in [6, 6.07) is 12.0. The lowest BCUT2D eigenvalue weighted by molar-refractivity contribution is -0.113. The number of methoxy groups -OCH3 is 3. The fourth-order valence-electron chi connectivity index (χ4n) is 4.22. The van der Waals surface area contributed by atoms with Crippen LogP contribution in [-0.2, 0) is 4.79 Å². The van der Waals surface area contributed by atoms with Crippen molar-refractivity contribution in [1.29, 1.82) is 0 Å². The van der Waals surface area contributed by atoms with E-state index in [1.807, 2.05) is 25.1 Å². The molecule has 0 spiro atoms. The molecule has 0 radical (unpaired) electrons. The number of ether oxygens (including phenoxy) is 3. The highest BCUT2D eigenvalue weighted by atomic mass is 16.5. The molecule has 1 amide bonds. The number of benzene rings is 1. The average Bonchev–Trinajstić information content (AvgIpc) is 3.36. The van der Waals surface area contributed by atoms with E-state index < -0.39 is 6.04 Å². The molecule has 0 bridgehead atoms. The topological polar surface area (TPSA) is 125 Å². The summed E-state index contributed by atoms with van der Waals surface area (Å²) in [5.74, 6) is 1.99. The predicted octanol–water partition coefficient (Wildman–Crippen LogP) is 3.69.